The Bertz CT molecular complexity index is 245. The summed E-state index contributed by atoms with van der Waals surface area (Å²) >= 11 is 2.02. The van der Waals surface area contributed by atoms with Gasteiger partial charge in [-0.1, -0.05) is 20.8 Å². The quantitative estimate of drug-likeness (QED) is 0.671. The van der Waals surface area contributed by atoms with E-state index in [-0.39, 0.29) is 5.54 Å². The van der Waals surface area contributed by atoms with E-state index in [1.807, 2.05) is 18.7 Å². The van der Waals surface area contributed by atoms with Crippen molar-refractivity contribution in [1.82, 2.24) is 5.32 Å². The molecule has 0 aliphatic carbocycles. The van der Waals surface area contributed by atoms with E-state index in [9.17, 15) is 5.26 Å². The topological polar surface area (TPSA) is 35.8 Å². The van der Waals surface area contributed by atoms with Crippen LogP contribution in [0, 0.1) is 17.2 Å². The first-order chi connectivity index (χ1) is 7.80. The lowest BCUT2D eigenvalue weighted by Crippen LogP contribution is -2.45. The molecule has 0 spiro atoms. The van der Waals surface area contributed by atoms with Crippen LogP contribution in [0.25, 0.3) is 0 Å². The molecule has 3 heteroatoms. The number of thioether (sulfide) groups is 1. The summed E-state index contributed by atoms with van der Waals surface area (Å²) in [6.07, 6.45) is 2.03. The van der Waals surface area contributed by atoms with E-state index in [0.29, 0.717) is 11.3 Å². The zero-order chi connectivity index (χ0) is 13.5. The number of hydrogen-bond acceptors (Lipinski definition) is 3. The molecule has 0 bridgehead atoms. The zero-order valence-corrected chi connectivity index (χ0v) is 13.0. The average molecular weight is 256 g/mol. The van der Waals surface area contributed by atoms with Crippen molar-refractivity contribution < 1.29 is 0 Å². The van der Waals surface area contributed by atoms with Gasteiger partial charge in [0.1, 0.15) is 5.54 Å². The molecule has 0 saturated heterocycles. The maximum Gasteiger partial charge on any atom is 0.104 e. The van der Waals surface area contributed by atoms with Crippen molar-refractivity contribution in [2.75, 3.05) is 5.75 Å². The van der Waals surface area contributed by atoms with Crippen LogP contribution in [0.4, 0.5) is 0 Å². The van der Waals surface area contributed by atoms with E-state index in [2.05, 4.69) is 46.0 Å². The Balaban J connectivity index is 3.89. The molecule has 0 aliphatic rings. The van der Waals surface area contributed by atoms with Gasteiger partial charge in [0, 0.05) is 11.3 Å². The summed E-state index contributed by atoms with van der Waals surface area (Å²) in [5, 5.41) is 13.3. The van der Waals surface area contributed by atoms with Gasteiger partial charge < -0.3 is 0 Å². The molecular weight excluding hydrogens is 228 g/mol. The molecule has 0 aromatic carbocycles. The van der Waals surface area contributed by atoms with E-state index in [1.54, 1.807) is 0 Å². The fraction of sp³-hybridized carbons (Fsp3) is 0.929. The Kier molecular flexibility index (Phi) is 7.91. The molecule has 0 amide bonds. The lowest BCUT2D eigenvalue weighted by Gasteiger charge is -2.26. The van der Waals surface area contributed by atoms with Crippen molar-refractivity contribution in [2.45, 2.75) is 71.2 Å². The molecule has 100 valence electrons. The lowest BCUT2D eigenvalue weighted by molar-refractivity contribution is 0.380. The van der Waals surface area contributed by atoms with Crippen LogP contribution in [0.1, 0.15) is 54.4 Å². The molecule has 0 heterocycles. The Hall–Kier alpha value is -0.200. The van der Waals surface area contributed by atoms with Crippen LogP contribution in [0.3, 0.4) is 0 Å². The first kappa shape index (κ1) is 16.8. The van der Waals surface area contributed by atoms with Crippen LogP contribution in [0.2, 0.25) is 0 Å². The number of hydrogen-bond donors (Lipinski definition) is 1. The van der Waals surface area contributed by atoms with Crippen molar-refractivity contribution >= 4 is 11.8 Å². The van der Waals surface area contributed by atoms with Gasteiger partial charge in [-0.2, -0.15) is 17.0 Å². The van der Waals surface area contributed by atoms with Crippen LogP contribution in [-0.4, -0.2) is 22.6 Å². The van der Waals surface area contributed by atoms with Gasteiger partial charge in [0.2, 0.25) is 0 Å². The monoisotopic (exact) mass is 256 g/mol. The third-order valence-electron chi connectivity index (χ3n) is 2.99. The van der Waals surface area contributed by atoms with Crippen LogP contribution >= 0.6 is 11.8 Å². The third kappa shape index (κ3) is 7.68. The molecule has 0 rings (SSSR count). The van der Waals surface area contributed by atoms with E-state index in [4.69, 9.17) is 0 Å². The van der Waals surface area contributed by atoms with Gasteiger partial charge >= 0.3 is 0 Å². The summed E-state index contributed by atoms with van der Waals surface area (Å²) in [6.45, 7) is 13.0. The summed E-state index contributed by atoms with van der Waals surface area (Å²) in [5.74, 6) is 1.88. The first-order valence-electron chi connectivity index (χ1n) is 6.61. The van der Waals surface area contributed by atoms with E-state index in [0.717, 1.165) is 24.5 Å². The minimum absolute atomic E-state index is 0.363. The predicted molar refractivity (Wildman–Crippen MR) is 78.3 cm³/mol. The SMILES string of the molecule is CC(C)NC(C)(C#N)CCCSC(C)C(C)C. The maximum atomic E-state index is 9.21. The smallest absolute Gasteiger partial charge is 0.104 e. The molecule has 0 fully saturated rings. The fourth-order valence-electron chi connectivity index (χ4n) is 1.68. The average Bonchev–Trinajstić information content (AvgIpc) is 2.23. The number of nitrogens with zero attached hydrogens (tertiary/aromatic N) is 1. The number of nitriles is 1. The highest BCUT2D eigenvalue weighted by molar-refractivity contribution is 7.99. The van der Waals surface area contributed by atoms with Gasteiger partial charge in [0.15, 0.2) is 0 Å². The third-order valence-corrected chi connectivity index (χ3v) is 4.59. The molecule has 2 nitrogen and oxygen atoms in total. The minimum Gasteiger partial charge on any atom is -0.297 e. The van der Waals surface area contributed by atoms with Crippen LogP contribution in [0.15, 0.2) is 0 Å². The van der Waals surface area contributed by atoms with Crippen molar-refractivity contribution in [3.8, 4) is 6.07 Å². The van der Waals surface area contributed by atoms with Gasteiger partial charge in [-0.25, -0.2) is 0 Å². The van der Waals surface area contributed by atoms with Gasteiger partial charge in [-0.15, -0.1) is 0 Å². The lowest BCUT2D eigenvalue weighted by atomic mass is 9.97. The Morgan fingerprint density at radius 2 is 1.82 bits per heavy atom. The highest BCUT2D eigenvalue weighted by atomic mass is 32.2. The van der Waals surface area contributed by atoms with Crippen molar-refractivity contribution in [1.29, 1.82) is 5.26 Å². The van der Waals surface area contributed by atoms with E-state index < -0.39 is 0 Å². The van der Waals surface area contributed by atoms with Crippen LogP contribution < -0.4 is 5.32 Å². The summed E-state index contributed by atoms with van der Waals surface area (Å²) < 4.78 is 0. The molecule has 0 radical (unpaired) electrons. The highest BCUT2D eigenvalue weighted by Gasteiger charge is 2.23. The van der Waals surface area contributed by atoms with E-state index in [1.165, 1.54) is 0 Å². The van der Waals surface area contributed by atoms with Gasteiger partial charge in [0.25, 0.3) is 0 Å². The molecular formula is C14H28N2S. The highest BCUT2D eigenvalue weighted by Crippen LogP contribution is 2.22. The summed E-state index contributed by atoms with van der Waals surface area (Å²) in [6, 6.07) is 2.76. The Labute approximate surface area is 112 Å². The van der Waals surface area contributed by atoms with Crippen molar-refractivity contribution in [3.63, 3.8) is 0 Å². The standard InChI is InChI=1S/C14H28N2S/c1-11(2)13(5)17-9-7-8-14(6,10-15)16-12(3)4/h11-13,16H,7-9H2,1-6H3. The molecule has 1 N–H and O–H groups in total. The van der Waals surface area contributed by atoms with Crippen molar-refractivity contribution in [2.24, 2.45) is 5.92 Å². The summed E-state index contributed by atoms with van der Waals surface area (Å²) in [4.78, 5) is 0. The summed E-state index contributed by atoms with van der Waals surface area (Å²) in [5.41, 5.74) is -0.365. The first-order valence-corrected chi connectivity index (χ1v) is 7.66. The molecule has 0 aromatic heterocycles. The molecule has 17 heavy (non-hydrogen) atoms. The van der Waals surface area contributed by atoms with Gasteiger partial charge in [-0.05, 0) is 45.3 Å². The van der Waals surface area contributed by atoms with E-state index >= 15 is 0 Å². The van der Waals surface area contributed by atoms with Crippen molar-refractivity contribution in [3.05, 3.63) is 0 Å². The fourth-order valence-corrected chi connectivity index (χ4v) is 2.75. The largest absolute Gasteiger partial charge is 0.297 e. The van der Waals surface area contributed by atoms with Gasteiger partial charge in [-0.3, -0.25) is 5.32 Å². The zero-order valence-electron chi connectivity index (χ0n) is 12.2. The normalized spacial score (nSPS) is 16.9. The molecule has 2 unspecified atom stereocenters. The van der Waals surface area contributed by atoms with Crippen LogP contribution in [0.5, 0.6) is 0 Å². The van der Waals surface area contributed by atoms with Gasteiger partial charge in [0.05, 0.1) is 6.07 Å². The second-order valence-electron chi connectivity index (χ2n) is 5.67. The molecule has 2 atom stereocenters. The molecule has 0 saturated carbocycles. The Morgan fingerprint density at radius 1 is 1.24 bits per heavy atom. The second kappa shape index (κ2) is 8.00. The molecule has 0 aromatic rings. The van der Waals surface area contributed by atoms with Crippen LogP contribution in [-0.2, 0) is 0 Å². The Morgan fingerprint density at radius 3 is 2.24 bits per heavy atom. The summed E-state index contributed by atoms with van der Waals surface area (Å²) in [7, 11) is 0. The molecule has 0 aliphatic heterocycles. The second-order valence-corrected chi connectivity index (χ2v) is 7.15. The minimum atomic E-state index is -0.365. The number of nitrogens with one attached hydrogen (secondary N) is 1. The predicted octanol–water partition coefficient (Wildman–Crippen LogP) is 3.82. The number of rotatable bonds is 8. The maximum absolute atomic E-state index is 9.21.